The highest BCUT2D eigenvalue weighted by atomic mass is 32.1. The number of fused-ring (bicyclic) bond motifs is 3. The zero-order chi connectivity index (χ0) is 17.8. The fourth-order valence-corrected chi connectivity index (χ4v) is 4.02. The third-order valence-corrected chi connectivity index (χ3v) is 5.43. The van der Waals surface area contributed by atoms with Gasteiger partial charge >= 0.3 is 0 Å². The Bertz CT molecular complexity index is 1410. The van der Waals surface area contributed by atoms with Crippen molar-refractivity contribution >= 4 is 43.6 Å². The van der Waals surface area contributed by atoms with E-state index in [9.17, 15) is 0 Å². The second kappa shape index (κ2) is 5.42. The molecule has 0 aliphatic rings. The van der Waals surface area contributed by atoms with E-state index in [0.717, 1.165) is 31.6 Å². The number of aromatic amines is 1. The van der Waals surface area contributed by atoms with Gasteiger partial charge in [-0.1, -0.05) is 30.3 Å². The van der Waals surface area contributed by atoms with E-state index in [1.807, 2.05) is 42.5 Å². The molecule has 128 valence electrons. The zero-order valence-corrected chi connectivity index (χ0v) is 14.7. The van der Waals surface area contributed by atoms with Gasteiger partial charge in [-0.05, 0) is 18.2 Å². The second-order valence-electron chi connectivity index (χ2n) is 6.09. The molecule has 0 amide bonds. The molecule has 0 unspecified atom stereocenters. The number of aromatic nitrogens is 7. The fraction of sp³-hybridized carbons (Fsp3) is 0. The van der Waals surface area contributed by atoms with Gasteiger partial charge in [-0.3, -0.25) is 0 Å². The third kappa shape index (κ3) is 2.24. The van der Waals surface area contributed by atoms with Crippen LogP contribution in [0, 0.1) is 0 Å². The van der Waals surface area contributed by atoms with Gasteiger partial charge in [0.05, 0.1) is 28.1 Å². The summed E-state index contributed by atoms with van der Waals surface area (Å²) in [6.07, 6.45) is 3.54. The minimum atomic E-state index is 0.492. The molecule has 0 radical (unpaired) electrons. The minimum Gasteiger partial charge on any atom is -0.333 e. The predicted molar refractivity (Wildman–Crippen MR) is 105 cm³/mol. The topological polar surface area (TPSA) is 85.2 Å². The Kier molecular flexibility index (Phi) is 2.91. The normalized spacial score (nSPS) is 11.7. The van der Waals surface area contributed by atoms with Crippen molar-refractivity contribution in [2.45, 2.75) is 0 Å². The Morgan fingerprint density at radius 1 is 0.889 bits per heavy atom. The molecule has 0 bridgehead atoms. The summed E-state index contributed by atoms with van der Waals surface area (Å²) in [7, 11) is 0. The maximum Gasteiger partial charge on any atom is 0.253 e. The van der Waals surface area contributed by atoms with Crippen LogP contribution in [0.3, 0.4) is 0 Å². The predicted octanol–water partition coefficient (Wildman–Crippen LogP) is 3.97. The van der Waals surface area contributed by atoms with Gasteiger partial charge in [0.2, 0.25) is 0 Å². The molecule has 0 aliphatic heterocycles. The smallest absolute Gasteiger partial charge is 0.253 e. The molecule has 27 heavy (non-hydrogen) atoms. The van der Waals surface area contributed by atoms with Gasteiger partial charge in [0.15, 0.2) is 16.5 Å². The molecule has 0 saturated heterocycles. The van der Waals surface area contributed by atoms with Crippen LogP contribution in [0.1, 0.15) is 0 Å². The Morgan fingerprint density at radius 2 is 1.78 bits per heavy atom. The monoisotopic (exact) mass is 369 g/mol. The summed E-state index contributed by atoms with van der Waals surface area (Å²) in [5, 5.41) is 6.28. The van der Waals surface area contributed by atoms with Crippen molar-refractivity contribution in [3.8, 4) is 16.8 Å². The van der Waals surface area contributed by atoms with Crippen LogP contribution in [-0.4, -0.2) is 34.7 Å². The van der Waals surface area contributed by atoms with Gasteiger partial charge < -0.3 is 4.98 Å². The Labute approximate surface area is 156 Å². The molecule has 7 nitrogen and oxygen atoms in total. The number of imidazole rings is 1. The number of thiazole rings is 1. The van der Waals surface area contributed by atoms with Crippen molar-refractivity contribution in [3.05, 3.63) is 60.9 Å². The van der Waals surface area contributed by atoms with Crippen LogP contribution in [-0.2, 0) is 0 Å². The van der Waals surface area contributed by atoms with E-state index < -0.39 is 0 Å². The maximum atomic E-state index is 4.65. The minimum absolute atomic E-state index is 0.492. The van der Waals surface area contributed by atoms with Gasteiger partial charge in [0.25, 0.3) is 5.95 Å². The number of benzene rings is 2. The van der Waals surface area contributed by atoms with Crippen molar-refractivity contribution in [1.82, 2.24) is 34.7 Å². The van der Waals surface area contributed by atoms with E-state index in [1.54, 1.807) is 28.4 Å². The average Bonchev–Trinajstić information content (AvgIpc) is 3.42. The van der Waals surface area contributed by atoms with E-state index >= 15 is 0 Å². The molecule has 4 aromatic heterocycles. The first-order valence-electron chi connectivity index (χ1n) is 8.37. The van der Waals surface area contributed by atoms with E-state index in [4.69, 9.17) is 0 Å². The summed E-state index contributed by atoms with van der Waals surface area (Å²) in [4.78, 5) is 21.6. The van der Waals surface area contributed by atoms with Crippen molar-refractivity contribution in [2.24, 2.45) is 0 Å². The molecule has 1 N–H and O–H groups in total. The van der Waals surface area contributed by atoms with E-state index in [0.29, 0.717) is 17.4 Å². The van der Waals surface area contributed by atoms with Crippen LogP contribution in [0.4, 0.5) is 0 Å². The van der Waals surface area contributed by atoms with Crippen molar-refractivity contribution in [3.63, 3.8) is 0 Å². The molecule has 0 saturated carbocycles. The lowest BCUT2D eigenvalue weighted by Crippen LogP contribution is -2.02. The van der Waals surface area contributed by atoms with Crippen molar-refractivity contribution in [2.75, 3.05) is 0 Å². The van der Waals surface area contributed by atoms with Gasteiger partial charge in [-0.15, -0.1) is 11.3 Å². The Balaban J connectivity index is 1.49. The summed E-state index contributed by atoms with van der Waals surface area (Å²) in [5.41, 5.74) is 3.28. The van der Waals surface area contributed by atoms with E-state index in [-0.39, 0.29) is 0 Å². The molecule has 0 aliphatic carbocycles. The largest absolute Gasteiger partial charge is 0.333 e. The molecule has 0 atom stereocenters. The Morgan fingerprint density at radius 3 is 2.74 bits per heavy atom. The molecular formula is C19H11N7S. The van der Waals surface area contributed by atoms with Crippen molar-refractivity contribution in [1.29, 1.82) is 0 Å². The van der Waals surface area contributed by atoms with Crippen LogP contribution < -0.4 is 0 Å². The first-order valence-corrected chi connectivity index (χ1v) is 9.19. The average molecular weight is 369 g/mol. The molecule has 8 heteroatoms. The van der Waals surface area contributed by atoms with Crippen molar-refractivity contribution < 1.29 is 0 Å². The van der Waals surface area contributed by atoms with Gasteiger partial charge in [-0.2, -0.15) is 14.8 Å². The van der Waals surface area contributed by atoms with E-state index in [1.165, 1.54) is 0 Å². The van der Waals surface area contributed by atoms with Gasteiger partial charge in [0.1, 0.15) is 5.52 Å². The number of H-pyrrole nitrogens is 1. The lowest BCUT2D eigenvalue weighted by molar-refractivity contribution is 0.839. The first kappa shape index (κ1) is 14.5. The summed E-state index contributed by atoms with van der Waals surface area (Å²) in [6, 6.07) is 16.0. The number of nitrogens with zero attached hydrogens (tertiary/aromatic N) is 6. The maximum absolute atomic E-state index is 4.65. The third-order valence-electron chi connectivity index (χ3n) is 4.39. The molecule has 6 rings (SSSR count). The summed E-state index contributed by atoms with van der Waals surface area (Å²) < 4.78 is 2.85. The molecule has 4 heterocycles. The van der Waals surface area contributed by atoms with Crippen LogP contribution >= 0.6 is 11.3 Å². The highest BCUT2D eigenvalue weighted by Gasteiger charge is 2.14. The standard InChI is InChI=1S/C19H11N7S/c1-3-7-14-11(5-1)9-21-26(14)19-20-10-13-16(25-19)24-17(22-13)18-23-12-6-2-4-8-15(12)27-18/h1-10H,(H,20,22,24,25). The van der Waals surface area contributed by atoms with Gasteiger partial charge in [-0.25, -0.2) is 15.0 Å². The van der Waals surface area contributed by atoms with Crippen LogP contribution in [0.25, 0.3) is 49.1 Å². The zero-order valence-electron chi connectivity index (χ0n) is 13.9. The SMILES string of the molecule is c1ccc2c(c1)cnn2-c1ncc2[nH]c(-c3nc4ccccc4s3)nc2n1. The fourth-order valence-electron chi connectivity index (χ4n) is 3.11. The summed E-state index contributed by atoms with van der Waals surface area (Å²) in [6.45, 7) is 0. The molecule has 0 spiro atoms. The molecular weight excluding hydrogens is 358 g/mol. The van der Waals surface area contributed by atoms with Gasteiger partial charge in [0, 0.05) is 5.39 Å². The number of para-hydroxylation sites is 2. The first-order chi connectivity index (χ1) is 13.3. The number of hydrogen-bond donors (Lipinski definition) is 1. The lowest BCUT2D eigenvalue weighted by Gasteiger charge is -2.00. The second-order valence-corrected chi connectivity index (χ2v) is 7.13. The molecule has 2 aromatic carbocycles. The van der Waals surface area contributed by atoms with E-state index in [2.05, 4.69) is 36.1 Å². The summed E-state index contributed by atoms with van der Waals surface area (Å²) in [5.74, 6) is 1.19. The van der Waals surface area contributed by atoms with Crippen LogP contribution in [0.15, 0.2) is 60.9 Å². The molecule has 6 aromatic rings. The quantitative estimate of drug-likeness (QED) is 0.499. The van der Waals surface area contributed by atoms with Crippen LogP contribution in [0.2, 0.25) is 0 Å². The summed E-state index contributed by atoms with van der Waals surface area (Å²) >= 11 is 1.60. The number of hydrogen-bond acceptors (Lipinski definition) is 6. The molecule has 0 fully saturated rings. The van der Waals surface area contributed by atoms with Crippen LogP contribution in [0.5, 0.6) is 0 Å². The highest BCUT2D eigenvalue weighted by Crippen LogP contribution is 2.29. The highest BCUT2D eigenvalue weighted by molar-refractivity contribution is 7.21. The Hall–Kier alpha value is -3.65. The number of rotatable bonds is 2. The number of nitrogens with one attached hydrogen (secondary N) is 1. The lowest BCUT2D eigenvalue weighted by atomic mass is 10.3.